The van der Waals surface area contributed by atoms with E-state index in [2.05, 4.69) is 22.2 Å². The number of carbonyl (C=O) groups is 2. The summed E-state index contributed by atoms with van der Waals surface area (Å²) in [6.45, 7) is 3.05. The lowest BCUT2D eigenvalue weighted by Crippen LogP contribution is -2.42. The molecule has 1 fully saturated rings. The smallest absolute Gasteiger partial charge is 0.258 e. The van der Waals surface area contributed by atoms with Crippen molar-refractivity contribution in [2.24, 2.45) is 0 Å². The number of rotatable bonds is 13. The van der Waals surface area contributed by atoms with Gasteiger partial charge in [-0.05, 0) is 43.5 Å². The zero-order valence-electron chi connectivity index (χ0n) is 18.5. The zero-order valence-corrected chi connectivity index (χ0v) is 19.3. The van der Waals surface area contributed by atoms with E-state index in [9.17, 15) is 19.1 Å². The molecule has 0 saturated heterocycles. The number of aromatic nitrogens is 1. The molecule has 1 aromatic carbocycles. The van der Waals surface area contributed by atoms with Crippen molar-refractivity contribution in [2.75, 3.05) is 19.8 Å². The summed E-state index contributed by atoms with van der Waals surface area (Å²) in [5.41, 5.74) is 1.04. The first-order chi connectivity index (χ1) is 16.3. The van der Waals surface area contributed by atoms with E-state index in [0.717, 1.165) is 24.6 Å². The Labute approximate surface area is 202 Å². The molecular weight excluding hydrogens is 465 g/mol. The summed E-state index contributed by atoms with van der Waals surface area (Å²) >= 11 is 5.61. The maximum absolute atomic E-state index is 13.4. The highest BCUT2D eigenvalue weighted by Gasteiger charge is 2.24. The number of halogens is 2. The summed E-state index contributed by atoms with van der Waals surface area (Å²) in [4.78, 5) is 28.4. The van der Waals surface area contributed by atoms with Gasteiger partial charge in [-0.25, -0.2) is 4.39 Å². The minimum absolute atomic E-state index is 0.0260. The molecule has 0 aliphatic heterocycles. The highest BCUT2D eigenvalue weighted by Crippen LogP contribution is 2.39. The molecule has 2 atom stereocenters. The largest absolute Gasteiger partial charge is 0.484 e. The number of hydrogen-bond acceptors (Lipinski definition) is 6. The molecule has 8 nitrogen and oxygen atoms in total. The Hall–Kier alpha value is -3.17. The predicted molar refractivity (Wildman–Crippen MR) is 124 cm³/mol. The van der Waals surface area contributed by atoms with Crippen molar-refractivity contribution in [1.82, 2.24) is 15.6 Å². The second-order valence-corrected chi connectivity index (χ2v) is 8.36. The van der Waals surface area contributed by atoms with Crippen molar-refractivity contribution < 1.29 is 28.6 Å². The minimum Gasteiger partial charge on any atom is -0.484 e. The minimum atomic E-state index is -0.932. The van der Waals surface area contributed by atoms with E-state index in [1.54, 1.807) is 12.3 Å². The van der Waals surface area contributed by atoms with Crippen molar-refractivity contribution in [3.63, 3.8) is 0 Å². The number of carbonyl (C=O) groups excluding carboxylic acids is 2. The topological polar surface area (TPSA) is 110 Å². The van der Waals surface area contributed by atoms with Crippen molar-refractivity contribution in [3.05, 3.63) is 65.7 Å². The van der Waals surface area contributed by atoms with E-state index in [4.69, 9.17) is 21.1 Å². The molecule has 1 aliphatic rings. The molecule has 0 bridgehead atoms. The first kappa shape index (κ1) is 25.5. The fraction of sp³-hybridized carbons (Fsp3) is 0.375. The highest BCUT2D eigenvalue weighted by atomic mass is 35.5. The van der Waals surface area contributed by atoms with E-state index >= 15 is 0 Å². The Morgan fingerprint density at radius 1 is 1.21 bits per heavy atom. The number of nitrogens with one attached hydrogen (secondary N) is 2. The quantitative estimate of drug-likeness (QED) is 0.372. The van der Waals surface area contributed by atoms with E-state index in [1.807, 2.05) is 6.07 Å². The molecule has 182 valence electrons. The molecule has 0 spiro atoms. The van der Waals surface area contributed by atoms with Crippen LogP contribution in [0.5, 0.6) is 11.5 Å². The third kappa shape index (κ3) is 8.31. The average Bonchev–Trinajstić information content (AvgIpc) is 3.67. The molecule has 2 unspecified atom stereocenters. The number of nitrogens with zero attached hydrogens (tertiary/aromatic N) is 1. The molecule has 1 saturated carbocycles. The van der Waals surface area contributed by atoms with Crippen LogP contribution in [0.2, 0.25) is 5.02 Å². The fourth-order valence-corrected chi connectivity index (χ4v) is 3.20. The Morgan fingerprint density at radius 3 is 2.56 bits per heavy atom. The summed E-state index contributed by atoms with van der Waals surface area (Å²) in [6, 6.07) is 6.98. The number of aliphatic hydroxyl groups excluding tert-OH is 1. The molecule has 10 heteroatoms. The van der Waals surface area contributed by atoms with Gasteiger partial charge in [0.2, 0.25) is 0 Å². The van der Waals surface area contributed by atoms with Crippen LogP contribution >= 0.6 is 11.6 Å². The Morgan fingerprint density at radius 2 is 1.91 bits per heavy atom. The van der Waals surface area contributed by atoms with Crippen LogP contribution in [0.25, 0.3) is 0 Å². The molecule has 1 heterocycles. The van der Waals surface area contributed by atoms with Gasteiger partial charge in [0, 0.05) is 30.3 Å². The number of pyridine rings is 1. The molecular formula is C24H27ClFN3O5. The summed E-state index contributed by atoms with van der Waals surface area (Å²) in [7, 11) is 0. The van der Waals surface area contributed by atoms with Crippen LogP contribution in [-0.2, 0) is 9.59 Å². The van der Waals surface area contributed by atoms with Crippen LogP contribution in [0.4, 0.5) is 4.39 Å². The van der Waals surface area contributed by atoms with Gasteiger partial charge in [-0.3, -0.25) is 14.6 Å². The monoisotopic (exact) mass is 491 g/mol. The number of aliphatic hydroxyl groups is 1. The lowest BCUT2D eigenvalue weighted by atomic mass is 10.1. The van der Waals surface area contributed by atoms with Crippen molar-refractivity contribution in [3.8, 4) is 11.5 Å². The molecule has 0 radical (unpaired) electrons. The Kier molecular flexibility index (Phi) is 9.24. The van der Waals surface area contributed by atoms with Gasteiger partial charge in [-0.2, -0.15) is 0 Å². The fourth-order valence-electron chi connectivity index (χ4n) is 3.08. The van der Waals surface area contributed by atoms with Gasteiger partial charge in [0.15, 0.2) is 13.2 Å². The van der Waals surface area contributed by atoms with Gasteiger partial charge < -0.3 is 25.2 Å². The van der Waals surface area contributed by atoms with Crippen LogP contribution in [0.1, 0.15) is 30.9 Å². The number of amides is 2. The standard InChI is InChI=1S/C24H27ClFN3O5/c1-2-16(29-24(32)14-33-18-5-7-20(25)21(26)10-18)9-17(30)11-28-23(31)13-34-19-6-8-22(27-12-19)15-3-4-15/h2,5-8,10,12,15-17,30H,1,3-4,9,11,13-14H2,(H,28,31)(H,29,32). The van der Waals surface area contributed by atoms with Gasteiger partial charge in [0.1, 0.15) is 17.3 Å². The predicted octanol–water partition coefficient (Wildman–Crippen LogP) is 2.75. The Bertz CT molecular complexity index is 1000. The van der Waals surface area contributed by atoms with Gasteiger partial charge in [-0.15, -0.1) is 6.58 Å². The Balaban J connectivity index is 1.32. The molecule has 3 N–H and O–H groups in total. The van der Waals surface area contributed by atoms with E-state index in [-0.39, 0.29) is 37.0 Å². The summed E-state index contributed by atoms with van der Waals surface area (Å²) in [5, 5.41) is 15.4. The van der Waals surface area contributed by atoms with E-state index in [0.29, 0.717) is 11.7 Å². The van der Waals surface area contributed by atoms with Crippen molar-refractivity contribution in [2.45, 2.75) is 37.3 Å². The van der Waals surface area contributed by atoms with Gasteiger partial charge in [0.25, 0.3) is 11.8 Å². The molecule has 1 aromatic heterocycles. The van der Waals surface area contributed by atoms with E-state index < -0.39 is 29.8 Å². The number of hydrogen-bond donors (Lipinski definition) is 3. The summed E-state index contributed by atoms with van der Waals surface area (Å²) in [6.07, 6.45) is 4.57. The van der Waals surface area contributed by atoms with Crippen LogP contribution in [0.3, 0.4) is 0 Å². The molecule has 3 rings (SSSR count). The normalized spacial score (nSPS) is 14.6. The lowest BCUT2D eigenvalue weighted by molar-refractivity contribution is -0.124. The zero-order chi connectivity index (χ0) is 24.5. The highest BCUT2D eigenvalue weighted by molar-refractivity contribution is 6.30. The third-order valence-corrected chi connectivity index (χ3v) is 5.38. The third-order valence-electron chi connectivity index (χ3n) is 5.08. The maximum atomic E-state index is 13.4. The van der Waals surface area contributed by atoms with Gasteiger partial charge >= 0.3 is 0 Å². The van der Waals surface area contributed by atoms with Gasteiger partial charge in [0.05, 0.1) is 17.3 Å². The molecule has 2 aromatic rings. The first-order valence-electron chi connectivity index (χ1n) is 10.9. The van der Waals surface area contributed by atoms with Crippen LogP contribution < -0.4 is 20.1 Å². The van der Waals surface area contributed by atoms with E-state index in [1.165, 1.54) is 18.2 Å². The number of benzene rings is 1. The van der Waals surface area contributed by atoms with Crippen LogP contribution in [0, 0.1) is 5.82 Å². The molecule has 1 aliphatic carbocycles. The lowest BCUT2D eigenvalue weighted by Gasteiger charge is -2.19. The van der Waals surface area contributed by atoms with Crippen molar-refractivity contribution in [1.29, 1.82) is 0 Å². The van der Waals surface area contributed by atoms with Crippen LogP contribution in [0.15, 0.2) is 49.2 Å². The summed E-state index contributed by atoms with van der Waals surface area (Å²) < 4.78 is 24.1. The second kappa shape index (κ2) is 12.3. The molecule has 2 amide bonds. The average molecular weight is 492 g/mol. The maximum Gasteiger partial charge on any atom is 0.258 e. The second-order valence-electron chi connectivity index (χ2n) is 7.95. The summed E-state index contributed by atoms with van der Waals surface area (Å²) in [5.74, 6) is -0.324. The number of ether oxygens (including phenoxy) is 2. The van der Waals surface area contributed by atoms with Gasteiger partial charge in [-0.1, -0.05) is 17.7 Å². The molecule has 34 heavy (non-hydrogen) atoms. The first-order valence-corrected chi connectivity index (χ1v) is 11.2. The van der Waals surface area contributed by atoms with Crippen LogP contribution in [-0.4, -0.2) is 53.8 Å². The SMILES string of the molecule is C=CC(CC(O)CNC(=O)COc1ccc(C2CC2)nc1)NC(=O)COc1ccc(Cl)c(F)c1. The van der Waals surface area contributed by atoms with Crippen molar-refractivity contribution >= 4 is 23.4 Å².